The Labute approximate surface area is 265 Å². The van der Waals surface area contributed by atoms with Gasteiger partial charge < -0.3 is 20.4 Å². The van der Waals surface area contributed by atoms with Crippen molar-refractivity contribution in [3.63, 3.8) is 0 Å². The average molecular weight is 616 g/mol. The largest absolute Gasteiger partial charge is 0.382 e. The highest BCUT2D eigenvalue weighted by Gasteiger charge is 2.28. The molecule has 0 radical (unpaired) electrons. The average Bonchev–Trinajstić information content (AvgIpc) is 3.46. The third kappa shape index (κ3) is 5.25. The van der Waals surface area contributed by atoms with Gasteiger partial charge in [-0.1, -0.05) is 26.0 Å². The predicted molar refractivity (Wildman–Crippen MR) is 179 cm³/mol. The maximum absolute atomic E-state index is 13.6. The van der Waals surface area contributed by atoms with Crippen molar-refractivity contribution < 1.29 is 9.18 Å². The first kappa shape index (κ1) is 29.2. The van der Waals surface area contributed by atoms with Crippen LogP contribution in [0.3, 0.4) is 0 Å². The van der Waals surface area contributed by atoms with Gasteiger partial charge in [0.25, 0.3) is 5.56 Å². The van der Waals surface area contributed by atoms with Crippen molar-refractivity contribution >= 4 is 39.5 Å². The zero-order chi connectivity index (χ0) is 31.9. The molecule has 1 aliphatic heterocycles. The number of nitrogens with zero attached hydrogens (tertiary/aromatic N) is 5. The van der Waals surface area contributed by atoms with Gasteiger partial charge in [0.2, 0.25) is 5.91 Å². The Morgan fingerprint density at radius 2 is 1.70 bits per heavy atom. The second-order valence-electron chi connectivity index (χ2n) is 12.1. The Balaban J connectivity index is 1.19. The first-order valence-corrected chi connectivity index (χ1v) is 15.5. The summed E-state index contributed by atoms with van der Waals surface area (Å²) >= 11 is 0. The monoisotopic (exact) mass is 615 g/mol. The third-order valence-corrected chi connectivity index (χ3v) is 8.84. The number of carbonyl (C=O) groups excluding carboxylic acids is 1. The lowest BCUT2D eigenvalue weighted by molar-refractivity contribution is -0.135. The van der Waals surface area contributed by atoms with Crippen molar-refractivity contribution in [3.05, 3.63) is 113 Å². The molecule has 3 N–H and O–H groups in total. The molecule has 1 saturated heterocycles. The Morgan fingerprint density at radius 1 is 0.957 bits per heavy atom. The molecular weight excluding hydrogens is 581 g/mol. The van der Waals surface area contributed by atoms with Gasteiger partial charge in [0.1, 0.15) is 17.5 Å². The van der Waals surface area contributed by atoms with Gasteiger partial charge in [0.05, 0.1) is 10.9 Å². The number of nitrogens with one attached hydrogen (secondary N) is 1. The number of nitrogen functional groups attached to an aromatic ring is 1. The molecule has 4 aromatic heterocycles. The molecule has 0 aliphatic carbocycles. The topological polar surface area (TPSA) is 111 Å². The van der Waals surface area contributed by atoms with E-state index in [0.717, 1.165) is 59.3 Å². The number of fused-ring (bicyclic) bond motifs is 2. The maximum Gasteiger partial charge on any atom is 0.266 e. The van der Waals surface area contributed by atoms with Crippen LogP contribution in [-0.2, 0) is 4.79 Å². The standard InChI is InChI=1S/C36H34FN7O2/c1-22(2)35(45)42-17-12-24(13-18-42)30-21-29(32-33(38)39-16-20-44(30)32)23-3-7-27(8-4-23)41-34-31-25(11-15-40-34)14-19-43(36(31)46)28-9-5-26(37)6-10-28/h3-11,14-16,19-22,24H,12-13,17-18H2,1-2H3,(H2,38,39)(H,40,41). The van der Waals surface area contributed by atoms with Crippen LogP contribution < -0.4 is 16.6 Å². The molecule has 46 heavy (non-hydrogen) atoms. The smallest absolute Gasteiger partial charge is 0.266 e. The lowest BCUT2D eigenvalue weighted by Crippen LogP contribution is -2.40. The summed E-state index contributed by atoms with van der Waals surface area (Å²) in [5.74, 6) is 1.01. The molecule has 0 spiro atoms. The first-order valence-electron chi connectivity index (χ1n) is 15.5. The third-order valence-electron chi connectivity index (χ3n) is 8.84. The fourth-order valence-electron chi connectivity index (χ4n) is 6.46. The van der Waals surface area contributed by atoms with Gasteiger partial charge in [0, 0.05) is 72.3 Å². The molecule has 1 amide bonds. The number of halogens is 1. The molecule has 2 aromatic carbocycles. The quantitative estimate of drug-likeness (QED) is 0.221. The molecule has 10 heteroatoms. The Morgan fingerprint density at radius 3 is 2.41 bits per heavy atom. The van der Waals surface area contributed by atoms with Crippen LogP contribution in [0.25, 0.3) is 33.1 Å². The number of likely N-dealkylation sites (tertiary alicyclic amines) is 1. The predicted octanol–water partition coefficient (Wildman–Crippen LogP) is 6.53. The minimum Gasteiger partial charge on any atom is -0.382 e. The van der Waals surface area contributed by atoms with Crippen LogP contribution in [0, 0.1) is 11.7 Å². The van der Waals surface area contributed by atoms with Crippen LogP contribution in [0.15, 0.2) is 96.3 Å². The molecule has 9 nitrogen and oxygen atoms in total. The number of piperidine rings is 1. The van der Waals surface area contributed by atoms with E-state index in [4.69, 9.17) is 5.73 Å². The summed E-state index contributed by atoms with van der Waals surface area (Å²) in [4.78, 5) is 37.0. The van der Waals surface area contributed by atoms with Crippen LogP contribution >= 0.6 is 0 Å². The van der Waals surface area contributed by atoms with E-state index in [2.05, 4.69) is 25.8 Å². The summed E-state index contributed by atoms with van der Waals surface area (Å²) in [6, 6.07) is 19.6. The number of hydrogen-bond acceptors (Lipinski definition) is 6. The minimum atomic E-state index is -0.367. The van der Waals surface area contributed by atoms with Crippen LogP contribution in [0.1, 0.15) is 38.3 Å². The Hall–Kier alpha value is -5.51. The molecule has 232 valence electrons. The van der Waals surface area contributed by atoms with E-state index in [1.54, 1.807) is 36.8 Å². The SMILES string of the molecule is CC(C)C(=O)N1CCC(c2cc(-c3ccc(Nc4nccc5ccn(-c6ccc(F)cc6)c(=O)c45)cc3)c3c(N)nccn23)CC1. The summed E-state index contributed by atoms with van der Waals surface area (Å²) in [5, 5.41) is 4.50. The summed E-state index contributed by atoms with van der Waals surface area (Å²) in [5.41, 5.74) is 11.5. The molecule has 1 aliphatic rings. The highest BCUT2D eigenvalue weighted by Crippen LogP contribution is 2.38. The van der Waals surface area contributed by atoms with Gasteiger partial charge >= 0.3 is 0 Å². The first-order chi connectivity index (χ1) is 22.3. The van der Waals surface area contributed by atoms with Crippen molar-refractivity contribution in [1.82, 2.24) is 23.8 Å². The number of amides is 1. The second kappa shape index (κ2) is 11.8. The van der Waals surface area contributed by atoms with Gasteiger partial charge in [0.15, 0.2) is 0 Å². The zero-order valence-electron chi connectivity index (χ0n) is 25.7. The number of pyridine rings is 2. The van der Waals surface area contributed by atoms with Gasteiger partial charge in [-0.25, -0.2) is 14.4 Å². The fraction of sp³-hybridized carbons (Fsp3) is 0.222. The summed E-state index contributed by atoms with van der Waals surface area (Å²) in [6.45, 7) is 5.37. The molecule has 0 bridgehead atoms. The summed E-state index contributed by atoms with van der Waals surface area (Å²) in [6.07, 6.45) is 8.79. The fourth-order valence-corrected chi connectivity index (χ4v) is 6.46. The lowest BCUT2D eigenvalue weighted by atomic mass is 9.92. The molecule has 6 aromatic rings. The van der Waals surface area contributed by atoms with E-state index >= 15 is 0 Å². The highest BCUT2D eigenvalue weighted by atomic mass is 19.1. The number of anilines is 3. The van der Waals surface area contributed by atoms with Crippen LogP contribution in [-0.4, -0.2) is 42.8 Å². The molecule has 0 unspecified atom stereocenters. The van der Waals surface area contributed by atoms with Gasteiger partial charge in [-0.3, -0.25) is 14.2 Å². The van der Waals surface area contributed by atoms with E-state index in [9.17, 15) is 14.0 Å². The van der Waals surface area contributed by atoms with Crippen LogP contribution in [0.2, 0.25) is 0 Å². The van der Waals surface area contributed by atoms with Crippen LogP contribution in [0.5, 0.6) is 0 Å². The van der Waals surface area contributed by atoms with E-state index in [-0.39, 0.29) is 29.1 Å². The summed E-state index contributed by atoms with van der Waals surface area (Å²) < 4.78 is 17.1. The number of rotatable bonds is 6. The van der Waals surface area contributed by atoms with Gasteiger partial charge in [-0.05, 0) is 78.4 Å². The van der Waals surface area contributed by atoms with Gasteiger partial charge in [-0.2, -0.15) is 0 Å². The zero-order valence-corrected chi connectivity index (χ0v) is 25.7. The van der Waals surface area contributed by atoms with E-state index < -0.39 is 0 Å². The number of nitrogens with two attached hydrogens (primary N) is 1. The number of carbonyl (C=O) groups is 1. The van der Waals surface area contributed by atoms with E-state index in [1.165, 1.54) is 16.7 Å². The van der Waals surface area contributed by atoms with Crippen molar-refractivity contribution in [1.29, 1.82) is 0 Å². The van der Waals surface area contributed by atoms with Crippen molar-refractivity contribution in [2.75, 3.05) is 24.1 Å². The van der Waals surface area contributed by atoms with Crippen molar-refractivity contribution in [2.45, 2.75) is 32.6 Å². The van der Waals surface area contributed by atoms with E-state index in [1.807, 2.05) is 55.3 Å². The minimum absolute atomic E-state index is 0.00264. The molecular formula is C36H34FN7O2. The molecule has 5 heterocycles. The van der Waals surface area contributed by atoms with Crippen molar-refractivity contribution in [2.24, 2.45) is 5.92 Å². The normalized spacial score (nSPS) is 14.0. The molecule has 0 atom stereocenters. The van der Waals surface area contributed by atoms with E-state index in [0.29, 0.717) is 22.7 Å². The maximum atomic E-state index is 13.6. The van der Waals surface area contributed by atoms with Gasteiger partial charge in [-0.15, -0.1) is 0 Å². The number of aromatic nitrogens is 4. The summed E-state index contributed by atoms with van der Waals surface area (Å²) in [7, 11) is 0. The Kier molecular flexibility index (Phi) is 7.48. The number of benzene rings is 2. The lowest BCUT2D eigenvalue weighted by Gasteiger charge is -2.33. The van der Waals surface area contributed by atoms with Crippen molar-refractivity contribution in [3.8, 4) is 16.8 Å². The molecule has 7 rings (SSSR count). The molecule has 0 saturated carbocycles. The Bertz CT molecular complexity index is 2130. The number of hydrogen-bond donors (Lipinski definition) is 2. The second-order valence-corrected chi connectivity index (χ2v) is 12.1. The van der Waals surface area contributed by atoms with Crippen LogP contribution in [0.4, 0.5) is 21.7 Å². The highest BCUT2D eigenvalue weighted by molar-refractivity contribution is 5.93. The molecule has 1 fully saturated rings.